The van der Waals surface area contributed by atoms with Crippen molar-refractivity contribution in [2.75, 3.05) is 19.6 Å². The van der Waals surface area contributed by atoms with Crippen molar-refractivity contribution < 1.29 is 9.90 Å². The third-order valence-corrected chi connectivity index (χ3v) is 3.35. The van der Waals surface area contributed by atoms with Crippen molar-refractivity contribution in [3.8, 4) is 0 Å². The number of aromatic carboxylic acids is 1. The van der Waals surface area contributed by atoms with Crippen LogP contribution in [0.15, 0.2) is 6.20 Å². The first-order chi connectivity index (χ1) is 8.54. The summed E-state index contributed by atoms with van der Waals surface area (Å²) in [6.45, 7) is 8.38. The molecule has 1 saturated heterocycles. The second-order valence-corrected chi connectivity index (χ2v) is 5.38. The maximum Gasteiger partial charge on any atom is 0.358 e. The highest BCUT2D eigenvalue weighted by Gasteiger charge is 2.21. The van der Waals surface area contributed by atoms with Crippen molar-refractivity contribution in [1.82, 2.24) is 19.9 Å². The minimum Gasteiger partial charge on any atom is -0.476 e. The molecule has 0 amide bonds. The summed E-state index contributed by atoms with van der Waals surface area (Å²) in [5.41, 5.74) is 0.00961. The molecule has 1 aromatic rings. The van der Waals surface area contributed by atoms with Crippen LogP contribution < -0.4 is 0 Å². The van der Waals surface area contributed by atoms with Gasteiger partial charge in [-0.25, -0.2) is 4.79 Å². The summed E-state index contributed by atoms with van der Waals surface area (Å²) in [6, 6.07) is 0. The quantitative estimate of drug-likeness (QED) is 0.864. The first-order valence-electron chi connectivity index (χ1n) is 6.40. The zero-order chi connectivity index (χ0) is 13.1. The number of carbonyl (C=O) groups is 1. The van der Waals surface area contributed by atoms with E-state index in [1.807, 2.05) is 0 Å². The predicted molar refractivity (Wildman–Crippen MR) is 66.4 cm³/mol. The van der Waals surface area contributed by atoms with Crippen LogP contribution in [0, 0.1) is 11.8 Å². The average molecular weight is 252 g/mol. The Morgan fingerprint density at radius 2 is 2.06 bits per heavy atom. The summed E-state index contributed by atoms with van der Waals surface area (Å²) < 4.78 is 1.60. The molecular weight excluding hydrogens is 232 g/mol. The van der Waals surface area contributed by atoms with Crippen molar-refractivity contribution in [2.45, 2.75) is 26.8 Å². The van der Waals surface area contributed by atoms with Crippen LogP contribution in [-0.2, 0) is 6.54 Å². The fraction of sp³-hybridized carbons (Fsp3) is 0.750. The molecule has 2 rings (SSSR count). The van der Waals surface area contributed by atoms with E-state index < -0.39 is 5.97 Å². The summed E-state index contributed by atoms with van der Waals surface area (Å²) in [5.74, 6) is 0.444. The van der Waals surface area contributed by atoms with Gasteiger partial charge in [0.05, 0.1) is 12.7 Å². The maximum atomic E-state index is 10.7. The van der Waals surface area contributed by atoms with Crippen LogP contribution in [-0.4, -0.2) is 50.6 Å². The number of aromatic nitrogens is 3. The molecule has 0 bridgehead atoms. The standard InChI is InChI=1S/C12H20N4O2/c1-9-5-10(2)7-15(6-9)3-4-16-8-11(12(17)18)13-14-16/h8-10H,3-7H2,1-2H3,(H,17,18). The third-order valence-electron chi connectivity index (χ3n) is 3.35. The predicted octanol–water partition coefficient (Wildman–Crippen LogP) is 0.954. The molecule has 0 saturated carbocycles. The number of hydrogen-bond donors (Lipinski definition) is 1. The van der Waals surface area contributed by atoms with Crippen LogP contribution in [0.3, 0.4) is 0 Å². The molecule has 0 aliphatic carbocycles. The van der Waals surface area contributed by atoms with Crippen molar-refractivity contribution in [2.24, 2.45) is 11.8 Å². The van der Waals surface area contributed by atoms with Gasteiger partial charge in [0, 0.05) is 19.6 Å². The smallest absolute Gasteiger partial charge is 0.358 e. The summed E-state index contributed by atoms with van der Waals surface area (Å²) in [7, 11) is 0. The molecule has 18 heavy (non-hydrogen) atoms. The topological polar surface area (TPSA) is 71.2 Å². The Bertz CT molecular complexity index is 408. The monoisotopic (exact) mass is 252 g/mol. The molecule has 0 aromatic carbocycles. The Morgan fingerprint density at radius 3 is 2.61 bits per heavy atom. The number of likely N-dealkylation sites (tertiary alicyclic amines) is 1. The highest BCUT2D eigenvalue weighted by Crippen LogP contribution is 2.20. The summed E-state index contributed by atoms with van der Waals surface area (Å²) >= 11 is 0. The molecule has 2 heterocycles. The molecule has 6 heteroatoms. The van der Waals surface area contributed by atoms with Crippen molar-refractivity contribution in [3.63, 3.8) is 0 Å². The van der Waals surface area contributed by atoms with E-state index in [0.717, 1.165) is 31.5 Å². The largest absolute Gasteiger partial charge is 0.476 e. The second kappa shape index (κ2) is 5.48. The van der Waals surface area contributed by atoms with Gasteiger partial charge < -0.3 is 10.0 Å². The van der Waals surface area contributed by atoms with Crippen molar-refractivity contribution in [3.05, 3.63) is 11.9 Å². The lowest BCUT2D eigenvalue weighted by Gasteiger charge is -2.34. The fourth-order valence-electron chi connectivity index (χ4n) is 2.72. The van der Waals surface area contributed by atoms with E-state index in [-0.39, 0.29) is 5.69 Å². The number of nitrogens with zero attached hydrogens (tertiary/aromatic N) is 4. The van der Waals surface area contributed by atoms with Gasteiger partial charge in [0.1, 0.15) is 0 Å². The fourth-order valence-corrected chi connectivity index (χ4v) is 2.72. The van der Waals surface area contributed by atoms with Gasteiger partial charge in [-0.05, 0) is 18.3 Å². The molecule has 1 N–H and O–H groups in total. The lowest BCUT2D eigenvalue weighted by atomic mass is 9.92. The Kier molecular flexibility index (Phi) is 3.96. The lowest BCUT2D eigenvalue weighted by Crippen LogP contribution is -2.40. The van der Waals surface area contributed by atoms with Gasteiger partial charge in [0.15, 0.2) is 5.69 Å². The van der Waals surface area contributed by atoms with Crippen LogP contribution in [0.5, 0.6) is 0 Å². The van der Waals surface area contributed by atoms with Gasteiger partial charge in [-0.2, -0.15) is 0 Å². The molecule has 1 aliphatic heterocycles. The third kappa shape index (κ3) is 3.29. The van der Waals surface area contributed by atoms with E-state index in [1.165, 1.54) is 12.6 Å². The molecule has 1 aliphatic rings. The SMILES string of the molecule is CC1CC(C)CN(CCn2cc(C(=O)O)nn2)C1. The van der Waals surface area contributed by atoms with Gasteiger partial charge in [-0.15, -0.1) is 5.10 Å². The summed E-state index contributed by atoms with van der Waals surface area (Å²) in [6.07, 6.45) is 2.78. The molecule has 1 aromatic heterocycles. The minimum atomic E-state index is -1.03. The van der Waals surface area contributed by atoms with Gasteiger partial charge in [-0.1, -0.05) is 19.1 Å². The molecule has 1 fully saturated rings. The van der Waals surface area contributed by atoms with E-state index >= 15 is 0 Å². The highest BCUT2D eigenvalue weighted by molar-refractivity contribution is 5.84. The molecule has 0 spiro atoms. The Morgan fingerprint density at radius 1 is 1.39 bits per heavy atom. The van der Waals surface area contributed by atoms with E-state index in [0.29, 0.717) is 6.54 Å². The maximum absolute atomic E-state index is 10.7. The van der Waals surface area contributed by atoms with Crippen LogP contribution in [0.1, 0.15) is 30.8 Å². The first-order valence-corrected chi connectivity index (χ1v) is 6.40. The number of rotatable bonds is 4. The van der Waals surface area contributed by atoms with Crippen molar-refractivity contribution >= 4 is 5.97 Å². The number of hydrogen-bond acceptors (Lipinski definition) is 4. The normalized spacial score (nSPS) is 25.2. The molecule has 0 radical (unpaired) electrons. The zero-order valence-electron chi connectivity index (χ0n) is 10.9. The molecule has 2 atom stereocenters. The second-order valence-electron chi connectivity index (χ2n) is 5.38. The van der Waals surface area contributed by atoms with Gasteiger partial charge in [0.2, 0.25) is 0 Å². The van der Waals surface area contributed by atoms with Gasteiger partial charge >= 0.3 is 5.97 Å². The van der Waals surface area contributed by atoms with Crippen LogP contribution in [0.4, 0.5) is 0 Å². The Labute approximate surface area is 107 Å². The van der Waals surface area contributed by atoms with Gasteiger partial charge in [0.25, 0.3) is 0 Å². The number of carboxylic acids is 1. The highest BCUT2D eigenvalue weighted by atomic mass is 16.4. The minimum absolute atomic E-state index is 0.00961. The van der Waals surface area contributed by atoms with Crippen LogP contribution in [0.2, 0.25) is 0 Å². The van der Waals surface area contributed by atoms with Crippen molar-refractivity contribution in [1.29, 1.82) is 0 Å². The molecule has 100 valence electrons. The van der Waals surface area contributed by atoms with Crippen LogP contribution in [0.25, 0.3) is 0 Å². The molecular formula is C12H20N4O2. The zero-order valence-corrected chi connectivity index (χ0v) is 10.9. The Balaban J connectivity index is 1.85. The average Bonchev–Trinajstić information content (AvgIpc) is 2.73. The molecule has 2 unspecified atom stereocenters. The number of carboxylic acid groups (broad SMARTS) is 1. The summed E-state index contributed by atoms with van der Waals surface area (Å²) in [4.78, 5) is 13.1. The van der Waals surface area contributed by atoms with E-state index in [9.17, 15) is 4.79 Å². The van der Waals surface area contributed by atoms with Gasteiger partial charge in [-0.3, -0.25) is 4.68 Å². The van der Waals surface area contributed by atoms with E-state index in [1.54, 1.807) is 4.68 Å². The van der Waals surface area contributed by atoms with E-state index in [4.69, 9.17) is 5.11 Å². The Hall–Kier alpha value is -1.43. The number of piperidine rings is 1. The lowest BCUT2D eigenvalue weighted by molar-refractivity contribution is 0.0690. The molecule has 6 nitrogen and oxygen atoms in total. The summed E-state index contributed by atoms with van der Waals surface area (Å²) in [5, 5.41) is 16.2. The van der Waals surface area contributed by atoms with E-state index in [2.05, 4.69) is 29.1 Å². The van der Waals surface area contributed by atoms with Crippen LogP contribution >= 0.6 is 0 Å². The first kappa shape index (κ1) is 13.0.